The molecule has 1 aromatic heterocycles. The Morgan fingerprint density at radius 3 is 1.65 bits per heavy atom. The van der Waals surface area contributed by atoms with Crippen LogP contribution in [0.15, 0.2) is 127 Å². The van der Waals surface area contributed by atoms with Crippen LogP contribution in [0.5, 0.6) is 23.0 Å². The van der Waals surface area contributed by atoms with Crippen LogP contribution in [0.3, 0.4) is 0 Å². The zero-order valence-corrected chi connectivity index (χ0v) is 34.1. The van der Waals surface area contributed by atoms with Gasteiger partial charge in [-0.3, -0.25) is 0 Å². The van der Waals surface area contributed by atoms with Crippen LogP contribution in [0.1, 0.15) is 77.6 Å². The Bertz CT molecular complexity index is 2200. The van der Waals surface area contributed by atoms with Gasteiger partial charge >= 0.3 is 23.9 Å². The summed E-state index contributed by atoms with van der Waals surface area (Å²) in [7, 11) is 0. The van der Waals surface area contributed by atoms with E-state index in [4.69, 9.17) is 28.4 Å². The van der Waals surface area contributed by atoms with Gasteiger partial charge in [0.05, 0.1) is 54.3 Å². The SMILES string of the molecule is C=CC(=O)OCCCCCCOc1ccc(C(=O)Oc2ccc(CN=Nc3nc4ccccc4s3)cc2OC(=O)c2ccc(OCCCCCCOC(=O)C=C)cc2)cc1. The van der Waals surface area contributed by atoms with Crippen LogP contribution in [0.4, 0.5) is 5.13 Å². The van der Waals surface area contributed by atoms with Gasteiger partial charge in [-0.05, 0) is 130 Å². The lowest BCUT2D eigenvalue weighted by atomic mass is 10.2. The molecule has 0 radical (unpaired) electrons. The second-order valence-corrected chi connectivity index (χ2v) is 14.3. The fraction of sp³-hybridized carbons (Fsp3) is 0.283. The molecule has 5 aromatic rings. The molecular formula is C46H47N3O10S. The number of rotatable bonds is 25. The van der Waals surface area contributed by atoms with Crippen molar-refractivity contribution in [2.75, 3.05) is 26.4 Å². The number of azo groups is 1. The summed E-state index contributed by atoms with van der Waals surface area (Å²) in [4.78, 5) is 53.4. The van der Waals surface area contributed by atoms with Gasteiger partial charge in [0, 0.05) is 12.2 Å². The van der Waals surface area contributed by atoms with Crippen molar-refractivity contribution in [1.82, 2.24) is 4.98 Å². The summed E-state index contributed by atoms with van der Waals surface area (Å²) in [5.74, 6) is -0.898. The molecule has 0 saturated carbocycles. The van der Waals surface area contributed by atoms with Crippen molar-refractivity contribution < 1.29 is 47.6 Å². The smallest absolute Gasteiger partial charge is 0.343 e. The van der Waals surface area contributed by atoms with Gasteiger partial charge in [-0.25, -0.2) is 24.2 Å². The van der Waals surface area contributed by atoms with E-state index in [1.807, 2.05) is 24.3 Å². The summed E-state index contributed by atoms with van der Waals surface area (Å²) < 4.78 is 34.2. The van der Waals surface area contributed by atoms with E-state index in [-0.39, 0.29) is 29.2 Å². The third-order valence-corrected chi connectivity index (χ3v) is 9.64. The predicted octanol–water partition coefficient (Wildman–Crippen LogP) is 10.4. The van der Waals surface area contributed by atoms with Crippen molar-refractivity contribution in [1.29, 1.82) is 0 Å². The Kier molecular flexibility index (Phi) is 18.0. The Hall–Kier alpha value is -6.67. The number of thiazole rings is 1. The van der Waals surface area contributed by atoms with Crippen LogP contribution in [0.2, 0.25) is 0 Å². The number of aromatic nitrogens is 1. The average molecular weight is 834 g/mol. The summed E-state index contributed by atoms with van der Waals surface area (Å²) >= 11 is 1.42. The van der Waals surface area contributed by atoms with Crippen molar-refractivity contribution in [3.05, 3.63) is 133 Å². The molecule has 0 spiro atoms. The molecule has 0 bridgehead atoms. The minimum absolute atomic E-state index is 0.0273. The molecular weight excluding hydrogens is 787 g/mol. The second kappa shape index (κ2) is 24.3. The van der Waals surface area contributed by atoms with E-state index in [1.54, 1.807) is 66.7 Å². The highest BCUT2D eigenvalue weighted by Gasteiger charge is 2.18. The number of nitrogens with zero attached hydrogens (tertiary/aromatic N) is 3. The minimum atomic E-state index is -0.665. The molecule has 13 nitrogen and oxygen atoms in total. The zero-order chi connectivity index (χ0) is 42.4. The predicted molar refractivity (Wildman–Crippen MR) is 227 cm³/mol. The fourth-order valence-corrected chi connectivity index (χ4v) is 6.35. The van der Waals surface area contributed by atoms with Crippen LogP contribution in [0.25, 0.3) is 10.2 Å². The first-order valence-electron chi connectivity index (χ1n) is 19.7. The van der Waals surface area contributed by atoms with Gasteiger partial charge in [-0.1, -0.05) is 42.7 Å². The molecule has 0 N–H and O–H groups in total. The van der Waals surface area contributed by atoms with Crippen LogP contribution in [-0.4, -0.2) is 55.3 Å². The number of para-hydroxylation sites is 1. The van der Waals surface area contributed by atoms with Gasteiger partial charge in [-0.2, -0.15) is 5.11 Å². The molecule has 5 rings (SSSR count). The van der Waals surface area contributed by atoms with Gasteiger partial charge in [0.1, 0.15) is 11.5 Å². The Labute approximate surface area is 352 Å². The normalized spacial score (nSPS) is 10.9. The van der Waals surface area contributed by atoms with Gasteiger partial charge in [0.15, 0.2) is 11.5 Å². The van der Waals surface area contributed by atoms with Gasteiger partial charge in [-0.15, -0.1) is 5.11 Å². The molecule has 0 aliphatic carbocycles. The van der Waals surface area contributed by atoms with Crippen LogP contribution < -0.4 is 18.9 Å². The molecule has 0 unspecified atom stereocenters. The molecule has 0 fully saturated rings. The van der Waals surface area contributed by atoms with Gasteiger partial charge in [0.25, 0.3) is 0 Å². The van der Waals surface area contributed by atoms with E-state index in [0.29, 0.717) is 48.6 Å². The van der Waals surface area contributed by atoms with E-state index in [9.17, 15) is 19.2 Å². The molecule has 0 aliphatic heterocycles. The summed E-state index contributed by atoms with van der Waals surface area (Å²) in [6.07, 6.45) is 9.07. The van der Waals surface area contributed by atoms with Gasteiger partial charge in [0.2, 0.25) is 5.13 Å². The Morgan fingerprint density at radius 2 is 1.12 bits per heavy atom. The molecule has 0 saturated heterocycles. The standard InChI is InChI=1S/C46H47N3O10S/c1-3-42(50)56-29-13-7-5-11-27-54-36-22-18-34(19-23-36)44(52)58-39-26-17-33(32-47-49-46-48-38-15-9-10-16-41(38)60-46)31-40(39)59-45(53)35-20-24-37(25-21-35)55-28-12-6-8-14-30-57-43(51)4-2/h3-4,9-10,15-26,31H,1-2,5-8,11-14,27-30,32H2. The van der Waals surface area contributed by atoms with E-state index in [2.05, 4.69) is 28.4 Å². The number of fused-ring (bicyclic) bond motifs is 1. The molecule has 0 amide bonds. The van der Waals surface area contributed by atoms with Crippen LogP contribution in [-0.2, 0) is 25.6 Å². The summed E-state index contributed by atoms with van der Waals surface area (Å²) in [5, 5.41) is 9.11. The summed E-state index contributed by atoms with van der Waals surface area (Å²) in [5.41, 5.74) is 2.03. The van der Waals surface area contributed by atoms with Gasteiger partial charge < -0.3 is 28.4 Å². The average Bonchev–Trinajstić information content (AvgIpc) is 3.69. The highest BCUT2D eigenvalue weighted by Crippen LogP contribution is 2.32. The molecule has 60 heavy (non-hydrogen) atoms. The van der Waals surface area contributed by atoms with Crippen molar-refractivity contribution in [2.24, 2.45) is 10.2 Å². The first kappa shape index (κ1) is 44.4. The molecule has 312 valence electrons. The Morgan fingerprint density at radius 1 is 0.600 bits per heavy atom. The third kappa shape index (κ3) is 14.9. The number of esters is 4. The molecule has 0 aliphatic rings. The quantitative estimate of drug-likeness (QED) is 0.0181. The van der Waals surface area contributed by atoms with Crippen molar-refractivity contribution in [3.63, 3.8) is 0 Å². The number of ether oxygens (including phenoxy) is 6. The van der Waals surface area contributed by atoms with E-state index in [1.165, 1.54) is 11.3 Å². The van der Waals surface area contributed by atoms with Crippen LogP contribution >= 0.6 is 11.3 Å². The highest BCUT2D eigenvalue weighted by atomic mass is 32.1. The van der Waals surface area contributed by atoms with Crippen molar-refractivity contribution in [3.8, 4) is 23.0 Å². The third-order valence-electron chi connectivity index (χ3n) is 8.72. The minimum Gasteiger partial charge on any atom is -0.494 e. The molecule has 0 atom stereocenters. The molecule has 1 heterocycles. The van der Waals surface area contributed by atoms with E-state index >= 15 is 0 Å². The summed E-state index contributed by atoms with van der Waals surface area (Å²) in [6, 6.07) is 25.7. The second-order valence-electron chi connectivity index (χ2n) is 13.2. The zero-order valence-electron chi connectivity index (χ0n) is 33.3. The Balaban J connectivity index is 1.16. The maximum atomic E-state index is 13.4. The maximum Gasteiger partial charge on any atom is 0.343 e. The summed E-state index contributed by atoms with van der Waals surface area (Å²) in [6.45, 7) is 8.61. The topological polar surface area (TPSA) is 161 Å². The van der Waals surface area contributed by atoms with Crippen molar-refractivity contribution >= 4 is 50.6 Å². The van der Waals surface area contributed by atoms with E-state index < -0.39 is 23.9 Å². The first-order valence-corrected chi connectivity index (χ1v) is 20.5. The number of unbranched alkanes of at least 4 members (excludes halogenated alkanes) is 6. The molecule has 14 heteroatoms. The molecule has 4 aromatic carbocycles. The lowest BCUT2D eigenvalue weighted by Crippen LogP contribution is -2.13. The number of benzene rings is 4. The van der Waals surface area contributed by atoms with Crippen molar-refractivity contribution in [2.45, 2.75) is 57.9 Å². The maximum absolute atomic E-state index is 13.4. The van der Waals surface area contributed by atoms with Crippen LogP contribution in [0, 0.1) is 0 Å². The first-order chi connectivity index (χ1) is 29.3. The number of carbonyl (C=O) groups is 4. The number of carbonyl (C=O) groups excluding carboxylic acids is 4. The number of hydrogen-bond donors (Lipinski definition) is 0. The monoisotopic (exact) mass is 833 g/mol. The highest BCUT2D eigenvalue weighted by molar-refractivity contribution is 7.21. The number of hydrogen-bond acceptors (Lipinski definition) is 14. The largest absolute Gasteiger partial charge is 0.494 e. The lowest BCUT2D eigenvalue weighted by Gasteiger charge is -2.13. The fourth-order valence-electron chi connectivity index (χ4n) is 5.55. The van der Waals surface area contributed by atoms with E-state index in [0.717, 1.165) is 73.7 Å². The lowest BCUT2D eigenvalue weighted by molar-refractivity contribution is -0.138.